The Hall–Kier alpha value is -1.33. The van der Waals surface area contributed by atoms with E-state index in [0.717, 1.165) is 12.5 Å². The van der Waals surface area contributed by atoms with Gasteiger partial charge in [-0.2, -0.15) is 0 Å². The number of carbonyl (C=O) groups is 2. The molecule has 1 aliphatic rings. The van der Waals surface area contributed by atoms with Crippen LogP contribution in [0.4, 0.5) is 4.39 Å². The van der Waals surface area contributed by atoms with Crippen molar-refractivity contribution in [2.24, 2.45) is 5.41 Å². The van der Waals surface area contributed by atoms with E-state index < -0.39 is 29.2 Å². The van der Waals surface area contributed by atoms with Gasteiger partial charge in [-0.1, -0.05) is 29.6 Å². The summed E-state index contributed by atoms with van der Waals surface area (Å²) in [7, 11) is 0. The van der Waals surface area contributed by atoms with Gasteiger partial charge >= 0.3 is 5.97 Å². The smallest absolute Gasteiger partial charge is 0.310 e. The first-order valence-electron chi connectivity index (χ1n) is 6.93. The average Bonchev–Trinajstić information content (AvgIpc) is 2.38. The van der Waals surface area contributed by atoms with E-state index in [2.05, 4.69) is 5.32 Å². The van der Waals surface area contributed by atoms with Crippen molar-refractivity contribution in [2.75, 3.05) is 0 Å². The minimum atomic E-state index is -0.973. The Kier molecular flexibility index (Phi) is 4.97. The first-order chi connectivity index (χ1) is 10.3. The molecule has 1 unspecified atom stereocenters. The molecule has 1 amide bonds. The van der Waals surface area contributed by atoms with E-state index in [9.17, 15) is 19.1 Å². The number of hydrogen-bond donors (Lipinski definition) is 2. The van der Waals surface area contributed by atoms with E-state index in [-0.39, 0.29) is 22.0 Å². The number of amides is 1. The molecule has 4 nitrogen and oxygen atoms in total. The highest BCUT2D eigenvalue weighted by atomic mass is 35.5. The normalized spacial score (nSPS) is 17.5. The fraction of sp³-hybridized carbons (Fsp3) is 0.467. The van der Waals surface area contributed by atoms with Gasteiger partial charge in [0.2, 0.25) is 5.91 Å². The summed E-state index contributed by atoms with van der Waals surface area (Å²) >= 11 is 11.9. The predicted molar refractivity (Wildman–Crippen MR) is 81.5 cm³/mol. The lowest BCUT2D eigenvalue weighted by atomic mass is 9.66. The highest BCUT2D eigenvalue weighted by Gasteiger charge is 2.46. The summed E-state index contributed by atoms with van der Waals surface area (Å²) in [6, 6.07) is 1.90. The first kappa shape index (κ1) is 17.0. The molecule has 1 atom stereocenters. The highest BCUT2D eigenvalue weighted by molar-refractivity contribution is 6.36. The Morgan fingerprint density at radius 1 is 1.41 bits per heavy atom. The molecule has 0 bridgehead atoms. The summed E-state index contributed by atoms with van der Waals surface area (Å²) in [6.45, 7) is 1.62. The van der Waals surface area contributed by atoms with Crippen LogP contribution in [-0.2, 0) is 9.59 Å². The number of benzene rings is 1. The monoisotopic (exact) mass is 347 g/mol. The van der Waals surface area contributed by atoms with Crippen molar-refractivity contribution >= 4 is 35.1 Å². The van der Waals surface area contributed by atoms with Crippen LogP contribution in [0, 0.1) is 11.2 Å². The van der Waals surface area contributed by atoms with Crippen LogP contribution in [0.1, 0.15) is 44.2 Å². The second-order valence-electron chi connectivity index (χ2n) is 5.66. The summed E-state index contributed by atoms with van der Waals surface area (Å²) in [4.78, 5) is 23.4. The molecule has 0 aromatic heterocycles. The van der Waals surface area contributed by atoms with Gasteiger partial charge in [0.15, 0.2) is 0 Å². The first-order valence-corrected chi connectivity index (χ1v) is 7.68. The fourth-order valence-corrected chi connectivity index (χ4v) is 3.38. The van der Waals surface area contributed by atoms with Crippen molar-refractivity contribution in [3.05, 3.63) is 33.6 Å². The Labute approximate surface area is 137 Å². The number of halogens is 3. The Bertz CT molecular complexity index is 617. The Morgan fingerprint density at radius 2 is 2.05 bits per heavy atom. The van der Waals surface area contributed by atoms with Gasteiger partial charge in [0.1, 0.15) is 5.82 Å². The van der Waals surface area contributed by atoms with Gasteiger partial charge in [0.25, 0.3) is 0 Å². The maximum absolute atomic E-state index is 13.5. The zero-order chi connectivity index (χ0) is 16.5. The van der Waals surface area contributed by atoms with Crippen molar-refractivity contribution in [3.63, 3.8) is 0 Å². The van der Waals surface area contributed by atoms with Crippen molar-refractivity contribution in [2.45, 2.75) is 38.6 Å². The molecule has 1 aromatic carbocycles. The summed E-state index contributed by atoms with van der Waals surface area (Å²) < 4.78 is 13.5. The number of carboxylic acids is 1. The maximum atomic E-state index is 13.5. The zero-order valence-corrected chi connectivity index (χ0v) is 13.5. The van der Waals surface area contributed by atoms with Crippen molar-refractivity contribution < 1.29 is 19.1 Å². The molecular formula is C15H16Cl2FNO3. The van der Waals surface area contributed by atoms with E-state index in [4.69, 9.17) is 23.2 Å². The molecule has 0 aliphatic heterocycles. The number of nitrogens with one attached hydrogen (secondary N) is 1. The predicted octanol–water partition coefficient (Wildman–Crippen LogP) is 3.95. The fourth-order valence-electron chi connectivity index (χ4n) is 2.68. The zero-order valence-electron chi connectivity index (χ0n) is 12.0. The van der Waals surface area contributed by atoms with Gasteiger partial charge in [0, 0.05) is 17.0 Å². The molecule has 0 heterocycles. The molecular weight excluding hydrogens is 332 g/mol. The van der Waals surface area contributed by atoms with Gasteiger partial charge in [-0.25, -0.2) is 4.39 Å². The van der Waals surface area contributed by atoms with Crippen molar-refractivity contribution in [3.8, 4) is 0 Å². The van der Waals surface area contributed by atoms with Gasteiger partial charge in [-0.15, -0.1) is 0 Å². The van der Waals surface area contributed by atoms with E-state index in [0.29, 0.717) is 12.8 Å². The minimum absolute atomic E-state index is 0.1000. The van der Waals surface area contributed by atoms with Gasteiger partial charge < -0.3 is 10.4 Å². The quantitative estimate of drug-likeness (QED) is 0.792. The van der Waals surface area contributed by atoms with E-state index in [1.165, 1.54) is 6.07 Å². The number of hydrogen-bond acceptors (Lipinski definition) is 2. The number of rotatable bonds is 5. The third-order valence-electron chi connectivity index (χ3n) is 4.15. The molecule has 1 aliphatic carbocycles. The molecule has 120 valence electrons. The third-order valence-corrected chi connectivity index (χ3v) is 4.87. The van der Waals surface area contributed by atoms with E-state index >= 15 is 0 Å². The second-order valence-corrected chi connectivity index (χ2v) is 6.45. The molecule has 0 saturated heterocycles. The largest absolute Gasteiger partial charge is 0.481 e. The topological polar surface area (TPSA) is 66.4 Å². The molecule has 2 N–H and O–H groups in total. The van der Waals surface area contributed by atoms with Crippen molar-refractivity contribution in [1.29, 1.82) is 0 Å². The van der Waals surface area contributed by atoms with Crippen LogP contribution in [-0.4, -0.2) is 17.0 Å². The van der Waals surface area contributed by atoms with Crippen LogP contribution >= 0.6 is 23.2 Å². The van der Waals surface area contributed by atoms with Gasteiger partial charge in [-0.05, 0) is 31.9 Å². The molecule has 0 spiro atoms. The maximum Gasteiger partial charge on any atom is 0.310 e. The summed E-state index contributed by atoms with van der Waals surface area (Å²) in [5.41, 5.74) is -0.686. The van der Waals surface area contributed by atoms with Gasteiger partial charge in [-0.3, -0.25) is 9.59 Å². The van der Waals surface area contributed by atoms with E-state index in [1.807, 2.05) is 0 Å². The lowest BCUT2D eigenvalue weighted by Crippen LogP contribution is -2.43. The van der Waals surface area contributed by atoms with Crippen LogP contribution in [0.25, 0.3) is 0 Å². The Morgan fingerprint density at radius 3 is 2.55 bits per heavy atom. The van der Waals surface area contributed by atoms with Crippen LogP contribution in [0.15, 0.2) is 12.1 Å². The summed E-state index contributed by atoms with van der Waals surface area (Å²) in [5, 5.41) is 12.0. The van der Waals surface area contributed by atoms with Gasteiger partial charge in [0.05, 0.1) is 16.5 Å². The Balaban J connectivity index is 2.09. The number of aliphatic carboxylic acids is 1. The second kappa shape index (κ2) is 6.42. The molecule has 1 saturated carbocycles. The molecule has 2 rings (SSSR count). The van der Waals surface area contributed by atoms with Crippen LogP contribution in [0.2, 0.25) is 10.0 Å². The van der Waals surface area contributed by atoms with Crippen LogP contribution in [0.5, 0.6) is 0 Å². The van der Waals surface area contributed by atoms with Crippen LogP contribution < -0.4 is 5.32 Å². The molecule has 1 fully saturated rings. The SMILES string of the molecule is CC(NC(=O)CC1(C(=O)O)CCC1)c1c(Cl)ccc(F)c1Cl. The minimum Gasteiger partial charge on any atom is -0.481 e. The van der Waals surface area contributed by atoms with E-state index in [1.54, 1.807) is 6.92 Å². The molecule has 7 heteroatoms. The number of carbonyl (C=O) groups excluding carboxylic acids is 1. The molecule has 1 aromatic rings. The molecule has 22 heavy (non-hydrogen) atoms. The third kappa shape index (κ3) is 3.20. The highest BCUT2D eigenvalue weighted by Crippen LogP contribution is 2.44. The average molecular weight is 348 g/mol. The number of carboxylic acid groups (broad SMARTS) is 1. The summed E-state index contributed by atoms with van der Waals surface area (Å²) in [6.07, 6.45) is 1.69. The summed E-state index contributed by atoms with van der Waals surface area (Å²) in [5.74, 6) is -1.99. The lowest BCUT2D eigenvalue weighted by molar-refractivity contribution is -0.157. The standard InChI is InChI=1S/C15H16Cl2FNO3/c1-8(12-9(16)3-4-10(18)13(12)17)19-11(20)7-15(14(21)22)5-2-6-15/h3-4,8H,2,5-7H2,1H3,(H,19,20)(H,21,22). The lowest BCUT2D eigenvalue weighted by Gasteiger charge is -2.37. The molecule has 0 radical (unpaired) electrons. The van der Waals surface area contributed by atoms with Crippen LogP contribution in [0.3, 0.4) is 0 Å². The van der Waals surface area contributed by atoms with Crippen molar-refractivity contribution in [1.82, 2.24) is 5.32 Å².